The molecule has 1 aliphatic heterocycles. The highest BCUT2D eigenvalue weighted by atomic mass is 16.5. The minimum Gasteiger partial charge on any atom is -0.487 e. The predicted octanol–water partition coefficient (Wildman–Crippen LogP) is 1.06. The number of pyridine rings is 1. The number of ether oxygens (including phenoxy) is 2. The summed E-state index contributed by atoms with van der Waals surface area (Å²) in [6.45, 7) is 1.33. The maximum Gasteiger partial charge on any atom is 0.155 e. The molecule has 1 unspecified atom stereocenters. The van der Waals surface area contributed by atoms with Crippen LogP contribution < -0.4 is 4.74 Å². The molecule has 0 N–H and O–H groups in total. The summed E-state index contributed by atoms with van der Waals surface area (Å²) in [6.07, 6.45) is 4.80. The van der Waals surface area contributed by atoms with Gasteiger partial charge in [0, 0.05) is 18.8 Å². The first-order valence-electron chi connectivity index (χ1n) is 4.54. The van der Waals surface area contributed by atoms with Crippen molar-refractivity contribution in [3.05, 3.63) is 24.0 Å². The monoisotopic (exact) mass is 193 g/mol. The van der Waals surface area contributed by atoms with Crippen molar-refractivity contribution in [2.75, 3.05) is 13.2 Å². The van der Waals surface area contributed by atoms with Gasteiger partial charge in [0.2, 0.25) is 0 Å². The fourth-order valence-corrected chi connectivity index (χ4v) is 1.38. The van der Waals surface area contributed by atoms with Gasteiger partial charge < -0.3 is 9.47 Å². The molecular weight excluding hydrogens is 182 g/mol. The molecule has 0 aliphatic carbocycles. The van der Waals surface area contributed by atoms with Crippen molar-refractivity contribution in [1.82, 2.24) is 4.98 Å². The lowest BCUT2D eigenvalue weighted by Crippen LogP contribution is -2.16. The van der Waals surface area contributed by atoms with Crippen LogP contribution in [0.2, 0.25) is 0 Å². The zero-order chi connectivity index (χ0) is 9.80. The summed E-state index contributed by atoms with van der Waals surface area (Å²) < 4.78 is 10.8. The molecule has 14 heavy (non-hydrogen) atoms. The first-order valence-corrected chi connectivity index (χ1v) is 4.54. The van der Waals surface area contributed by atoms with Crippen molar-refractivity contribution in [3.63, 3.8) is 0 Å². The second kappa shape index (κ2) is 4.19. The van der Waals surface area contributed by atoms with Crippen LogP contribution in [0, 0.1) is 0 Å². The highest BCUT2D eigenvalue weighted by Gasteiger charge is 2.18. The molecule has 1 saturated heterocycles. The molecule has 1 fully saturated rings. The number of hydrogen-bond acceptors (Lipinski definition) is 4. The van der Waals surface area contributed by atoms with Crippen molar-refractivity contribution >= 4 is 6.29 Å². The Morgan fingerprint density at radius 2 is 2.57 bits per heavy atom. The summed E-state index contributed by atoms with van der Waals surface area (Å²) in [5, 5.41) is 0. The van der Waals surface area contributed by atoms with E-state index < -0.39 is 0 Å². The Hall–Kier alpha value is -1.42. The zero-order valence-corrected chi connectivity index (χ0v) is 7.68. The van der Waals surface area contributed by atoms with Gasteiger partial charge in [0.25, 0.3) is 0 Å². The number of rotatable bonds is 3. The third-order valence-electron chi connectivity index (χ3n) is 2.12. The lowest BCUT2D eigenvalue weighted by atomic mass is 10.2. The topological polar surface area (TPSA) is 48.4 Å². The second-order valence-electron chi connectivity index (χ2n) is 3.13. The number of aromatic nitrogens is 1. The van der Waals surface area contributed by atoms with Gasteiger partial charge in [0.05, 0.1) is 18.8 Å². The second-order valence-corrected chi connectivity index (χ2v) is 3.13. The van der Waals surface area contributed by atoms with Crippen LogP contribution in [0.1, 0.15) is 16.8 Å². The highest BCUT2D eigenvalue weighted by molar-refractivity contribution is 5.78. The number of aldehydes is 1. The summed E-state index contributed by atoms with van der Waals surface area (Å²) in [6, 6.07) is 1.70. The van der Waals surface area contributed by atoms with Gasteiger partial charge in [-0.1, -0.05) is 0 Å². The van der Waals surface area contributed by atoms with Crippen LogP contribution in [0.25, 0.3) is 0 Å². The third-order valence-corrected chi connectivity index (χ3v) is 2.12. The van der Waals surface area contributed by atoms with Crippen LogP contribution >= 0.6 is 0 Å². The van der Waals surface area contributed by atoms with Crippen LogP contribution in [0.5, 0.6) is 5.75 Å². The van der Waals surface area contributed by atoms with Crippen LogP contribution in [0.3, 0.4) is 0 Å². The van der Waals surface area contributed by atoms with E-state index in [1.54, 1.807) is 12.3 Å². The molecule has 0 amide bonds. The lowest BCUT2D eigenvalue weighted by molar-refractivity contribution is 0.111. The SMILES string of the molecule is O=Cc1cnccc1OC1CCOC1. The van der Waals surface area contributed by atoms with E-state index in [-0.39, 0.29) is 6.10 Å². The smallest absolute Gasteiger partial charge is 0.155 e. The molecule has 1 atom stereocenters. The minimum atomic E-state index is 0.0658. The number of nitrogens with zero attached hydrogens (tertiary/aromatic N) is 1. The Kier molecular flexibility index (Phi) is 2.74. The van der Waals surface area contributed by atoms with E-state index in [0.717, 1.165) is 19.3 Å². The fourth-order valence-electron chi connectivity index (χ4n) is 1.38. The molecule has 0 aromatic carbocycles. The molecule has 0 spiro atoms. The van der Waals surface area contributed by atoms with Crippen LogP contribution in [-0.4, -0.2) is 30.6 Å². The van der Waals surface area contributed by atoms with Gasteiger partial charge in [0.1, 0.15) is 11.9 Å². The van der Waals surface area contributed by atoms with E-state index in [4.69, 9.17) is 9.47 Å². The summed E-state index contributed by atoms with van der Waals surface area (Å²) >= 11 is 0. The first kappa shape index (κ1) is 9.15. The van der Waals surface area contributed by atoms with Gasteiger partial charge >= 0.3 is 0 Å². The van der Waals surface area contributed by atoms with Gasteiger partial charge in [0.15, 0.2) is 6.29 Å². The van der Waals surface area contributed by atoms with Gasteiger partial charge in [-0.2, -0.15) is 0 Å². The van der Waals surface area contributed by atoms with E-state index in [1.807, 2.05) is 0 Å². The largest absolute Gasteiger partial charge is 0.487 e. The van der Waals surface area contributed by atoms with Gasteiger partial charge in [-0.3, -0.25) is 9.78 Å². The first-order chi connectivity index (χ1) is 6.90. The molecule has 2 rings (SSSR count). The molecule has 74 valence electrons. The maximum absolute atomic E-state index is 10.6. The summed E-state index contributed by atoms with van der Waals surface area (Å²) in [5.41, 5.74) is 0.486. The van der Waals surface area contributed by atoms with Gasteiger partial charge in [-0.25, -0.2) is 0 Å². The molecule has 4 nitrogen and oxygen atoms in total. The molecule has 1 aromatic heterocycles. The summed E-state index contributed by atoms with van der Waals surface area (Å²) in [4.78, 5) is 14.5. The normalized spacial score (nSPS) is 20.7. The van der Waals surface area contributed by atoms with E-state index in [1.165, 1.54) is 6.20 Å². The molecule has 0 radical (unpaired) electrons. The highest BCUT2D eigenvalue weighted by Crippen LogP contribution is 2.19. The van der Waals surface area contributed by atoms with Crippen LogP contribution in [0.15, 0.2) is 18.5 Å². The molecular formula is C10H11NO3. The van der Waals surface area contributed by atoms with E-state index >= 15 is 0 Å². The summed E-state index contributed by atoms with van der Waals surface area (Å²) in [7, 11) is 0. The van der Waals surface area contributed by atoms with Crippen molar-refractivity contribution in [2.45, 2.75) is 12.5 Å². The predicted molar refractivity (Wildman–Crippen MR) is 49.5 cm³/mol. The van der Waals surface area contributed by atoms with Crippen molar-refractivity contribution in [2.24, 2.45) is 0 Å². The number of carbonyl (C=O) groups excluding carboxylic acids is 1. The average molecular weight is 193 g/mol. The Balaban J connectivity index is 2.10. The average Bonchev–Trinajstić information content (AvgIpc) is 2.71. The number of carbonyl (C=O) groups is 1. The third kappa shape index (κ3) is 1.90. The van der Waals surface area contributed by atoms with Gasteiger partial charge in [-0.05, 0) is 6.07 Å². The zero-order valence-electron chi connectivity index (χ0n) is 7.68. The Bertz CT molecular complexity index is 321. The molecule has 2 heterocycles. The number of hydrogen-bond donors (Lipinski definition) is 0. The Morgan fingerprint density at radius 1 is 1.64 bits per heavy atom. The van der Waals surface area contributed by atoms with Crippen molar-refractivity contribution in [3.8, 4) is 5.75 Å². The van der Waals surface area contributed by atoms with Crippen molar-refractivity contribution in [1.29, 1.82) is 0 Å². The van der Waals surface area contributed by atoms with Gasteiger partial charge in [-0.15, -0.1) is 0 Å². The molecule has 1 aromatic rings. The van der Waals surface area contributed by atoms with Crippen LogP contribution in [-0.2, 0) is 4.74 Å². The fraction of sp³-hybridized carbons (Fsp3) is 0.400. The molecule has 0 saturated carbocycles. The minimum absolute atomic E-state index is 0.0658. The quantitative estimate of drug-likeness (QED) is 0.673. The lowest BCUT2D eigenvalue weighted by Gasteiger charge is -2.12. The standard InChI is InChI=1S/C10H11NO3/c12-6-8-5-11-3-1-10(8)14-9-2-4-13-7-9/h1,3,5-6,9H,2,4,7H2. The molecule has 4 heteroatoms. The summed E-state index contributed by atoms with van der Waals surface area (Å²) in [5.74, 6) is 0.588. The van der Waals surface area contributed by atoms with E-state index in [0.29, 0.717) is 17.9 Å². The Morgan fingerprint density at radius 3 is 3.29 bits per heavy atom. The van der Waals surface area contributed by atoms with Crippen LogP contribution in [0.4, 0.5) is 0 Å². The maximum atomic E-state index is 10.6. The Labute approximate surface area is 81.9 Å². The van der Waals surface area contributed by atoms with Crippen molar-refractivity contribution < 1.29 is 14.3 Å². The molecule has 0 bridgehead atoms. The van der Waals surface area contributed by atoms with E-state index in [9.17, 15) is 4.79 Å². The molecule has 1 aliphatic rings. The van der Waals surface area contributed by atoms with E-state index in [2.05, 4.69) is 4.98 Å².